The largest absolute Gasteiger partial charge is 0.494 e. The molecule has 130 valence electrons. The van der Waals surface area contributed by atoms with Gasteiger partial charge in [-0.15, -0.1) is 0 Å². The summed E-state index contributed by atoms with van der Waals surface area (Å²) in [4.78, 5) is 12.6. The number of aryl methyl sites for hydroxylation is 1. The summed E-state index contributed by atoms with van der Waals surface area (Å²) in [5.74, 6) is 1.64. The van der Waals surface area contributed by atoms with Gasteiger partial charge in [0.05, 0.1) is 12.7 Å². The van der Waals surface area contributed by atoms with Crippen molar-refractivity contribution in [2.45, 2.75) is 32.9 Å². The van der Waals surface area contributed by atoms with Crippen molar-refractivity contribution in [2.24, 2.45) is 0 Å². The zero-order valence-corrected chi connectivity index (χ0v) is 14.6. The molecule has 4 nitrogen and oxygen atoms in total. The van der Waals surface area contributed by atoms with Gasteiger partial charge in [0.1, 0.15) is 11.5 Å². The summed E-state index contributed by atoms with van der Waals surface area (Å²) in [6, 6.07) is 17.3. The minimum Gasteiger partial charge on any atom is -0.494 e. The van der Waals surface area contributed by atoms with Crippen LogP contribution in [0, 0.1) is 0 Å². The van der Waals surface area contributed by atoms with Crippen LogP contribution in [-0.4, -0.2) is 17.3 Å². The van der Waals surface area contributed by atoms with E-state index in [2.05, 4.69) is 0 Å². The van der Waals surface area contributed by atoms with Crippen LogP contribution >= 0.6 is 0 Å². The first kappa shape index (κ1) is 17.1. The molecule has 0 atom stereocenters. The molecule has 2 aromatic carbocycles. The van der Waals surface area contributed by atoms with Crippen LogP contribution in [-0.2, 0) is 6.54 Å². The summed E-state index contributed by atoms with van der Waals surface area (Å²) >= 11 is 0. The molecule has 0 radical (unpaired) electrons. The van der Waals surface area contributed by atoms with E-state index in [0.717, 1.165) is 23.3 Å². The number of hydrogen-bond acceptors (Lipinski definition) is 3. The average Bonchev–Trinajstić information content (AvgIpc) is 2.61. The van der Waals surface area contributed by atoms with Crippen molar-refractivity contribution in [2.75, 3.05) is 6.61 Å². The lowest BCUT2D eigenvalue weighted by atomic mass is 10.1. The molecule has 0 bridgehead atoms. The molecule has 1 aromatic heterocycles. The highest BCUT2D eigenvalue weighted by Gasteiger charge is 2.05. The Hall–Kier alpha value is -2.75. The predicted octanol–water partition coefficient (Wildman–Crippen LogP) is 4.26. The third kappa shape index (κ3) is 4.41. The van der Waals surface area contributed by atoms with Crippen LogP contribution in [0.1, 0.15) is 20.3 Å². The molecule has 0 saturated heterocycles. The standard InChI is InChI=1S/C21H23NO3/c1-16(2)25-19-9-10-20-17(15-19)11-13-22(21(20)23)12-6-14-24-18-7-4-3-5-8-18/h3-5,7-11,13,15-16H,6,12,14H2,1-2H3. The molecule has 4 heteroatoms. The van der Waals surface area contributed by atoms with Crippen molar-refractivity contribution in [1.82, 2.24) is 4.57 Å². The van der Waals surface area contributed by atoms with Gasteiger partial charge in [0, 0.05) is 18.1 Å². The van der Waals surface area contributed by atoms with Gasteiger partial charge in [-0.2, -0.15) is 0 Å². The summed E-state index contributed by atoms with van der Waals surface area (Å²) in [6.07, 6.45) is 2.73. The van der Waals surface area contributed by atoms with E-state index in [1.165, 1.54) is 0 Å². The minimum atomic E-state index is 0.0216. The van der Waals surface area contributed by atoms with Gasteiger partial charge in [-0.1, -0.05) is 18.2 Å². The number of ether oxygens (including phenoxy) is 2. The van der Waals surface area contributed by atoms with Crippen LogP contribution < -0.4 is 15.0 Å². The molecule has 3 aromatic rings. The summed E-state index contributed by atoms with van der Waals surface area (Å²) in [6.45, 7) is 5.18. The van der Waals surface area contributed by atoms with E-state index in [0.29, 0.717) is 18.5 Å². The van der Waals surface area contributed by atoms with Crippen molar-refractivity contribution in [3.8, 4) is 11.5 Å². The van der Waals surface area contributed by atoms with Gasteiger partial charge in [0.15, 0.2) is 0 Å². The molecule has 0 fully saturated rings. The Balaban J connectivity index is 1.66. The molecule has 1 heterocycles. The zero-order valence-electron chi connectivity index (χ0n) is 14.6. The molecular formula is C21H23NO3. The van der Waals surface area contributed by atoms with Crippen LogP contribution in [0.2, 0.25) is 0 Å². The fraction of sp³-hybridized carbons (Fsp3) is 0.286. The zero-order chi connectivity index (χ0) is 17.6. The van der Waals surface area contributed by atoms with Crippen molar-refractivity contribution in [1.29, 1.82) is 0 Å². The summed E-state index contributed by atoms with van der Waals surface area (Å²) < 4.78 is 13.1. The third-order valence-electron chi connectivity index (χ3n) is 3.88. The lowest BCUT2D eigenvalue weighted by Gasteiger charge is -2.11. The molecule has 0 amide bonds. The first-order valence-corrected chi connectivity index (χ1v) is 8.61. The molecule has 0 spiro atoms. The Bertz CT molecular complexity index is 885. The maximum atomic E-state index is 12.6. The molecule has 0 saturated carbocycles. The van der Waals surface area contributed by atoms with E-state index in [1.54, 1.807) is 4.57 Å². The quantitative estimate of drug-likeness (QED) is 0.605. The first-order valence-electron chi connectivity index (χ1n) is 8.61. The van der Waals surface area contributed by atoms with Gasteiger partial charge in [-0.3, -0.25) is 4.79 Å². The van der Waals surface area contributed by atoms with E-state index >= 15 is 0 Å². The maximum Gasteiger partial charge on any atom is 0.258 e. The second-order valence-electron chi connectivity index (χ2n) is 6.25. The van der Waals surface area contributed by atoms with Crippen LogP contribution in [0.25, 0.3) is 10.8 Å². The number of benzene rings is 2. The monoisotopic (exact) mass is 337 g/mol. The molecule has 25 heavy (non-hydrogen) atoms. The van der Waals surface area contributed by atoms with Gasteiger partial charge < -0.3 is 14.0 Å². The van der Waals surface area contributed by atoms with Crippen molar-refractivity contribution in [3.63, 3.8) is 0 Å². The van der Waals surface area contributed by atoms with E-state index in [-0.39, 0.29) is 11.7 Å². The van der Waals surface area contributed by atoms with E-state index in [1.807, 2.05) is 74.6 Å². The second-order valence-corrected chi connectivity index (χ2v) is 6.25. The van der Waals surface area contributed by atoms with Gasteiger partial charge in [0.25, 0.3) is 5.56 Å². The Labute approximate surface area is 147 Å². The maximum absolute atomic E-state index is 12.6. The smallest absolute Gasteiger partial charge is 0.258 e. The molecule has 0 aliphatic carbocycles. The van der Waals surface area contributed by atoms with Gasteiger partial charge >= 0.3 is 0 Å². The number of aromatic nitrogens is 1. The SMILES string of the molecule is CC(C)Oc1ccc2c(=O)n(CCCOc3ccccc3)ccc2c1. The second kappa shape index (κ2) is 7.88. The highest BCUT2D eigenvalue weighted by atomic mass is 16.5. The van der Waals surface area contributed by atoms with Crippen LogP contribution in [0.15, 0.2) is 65.6 Å². The fourth-order valence-corrected chi connectivity index (χ4v) is 2.73. The number of hydrogen-bond donors (Lipinski definition) is 0. The highest BCUT2D eigenvalue weighted by molar-refractivity contribution is 5.82. The topological polar surface area (TPSA) is 40.5 Å². The Morgan fingerprint density at radius 2 is 1.80 bits per heavy atom. The lowest BCUT2D eigenvalue weighted by Crippen LogP contribution is -2.20. The van der Waals surface area contributed by atoms with Gasteiger partial charge in [0.2, 0.25) is 0 Å². The van der Waals surface area contributed by atoms with Crippen molar-refractivity contribution in [3.05, 3.63) is 71.1 Å². The Morgan fingerprint density at radius 1 is 1.00 bits per heavy atom. The molecular weight excluding hydrogens is 314 g/mol. The van der Waals surface area contributed by atoms with Gasteiger partial charge in [-0.05, 0) is 62.1 Å². The number of nitrogens with zero attached hydrogens (tertiary/aromatic N) is 1. The molecule has 3 rings (SSSR count). The van der Waals surface area contributed by atoms with Crippen molar-refractivity contribution < 1.29 is 9.47 Å². The van der Waals surface area contributed by atoms with Crippen LogP contribution in [0.5, 0.6) is 11.5 Å². The third-order valence-corrected chi connectivity index (χ3v) is 3.88. The number of fused-ring (bicyclic) bond motifs is 1. The summed E-state index contributed by atoms with van der Waals surface area (Å²) in [5.41, 5.74) is 0.0216. The predicted molar refractivity (Wildman–Crippen MR) is 101 cm³/mol. The van der Waals surface area contributed by atoms with E-state index in [4.69, 9.17) is 9.47 Å². The minimum absolute atomic E-state index is 0.0216. The van der Waals surface area contributed by atoms with Crippen LogP contribution in [0.4, 0.5) is 0 Å². The Morgan fingerprint density at radius 3 is 2.56 bits per heavy atom. The lowest BCUT2D eigenvalue weighted by molar-refractivity contribution is 0.243. The molecule has 0 aliphatic rings. The number of para-hydroxylation sites is 1. The normalized spacial score (nSPS) is 11.0. The van der Waals surface area contributed by atoms with Gasteiger partial charge in [-0.25, -0.2) is 0 Å². The first-order chi connectivity index (χ1) is 12.1. The van der Waals surface area contributed by atoms with Crippen LogP contribution in [0.3, 0.4) is 0 Å². The fourth-order valence-electron chi connectivity index (χ4n) is 2.73. The molecule has 0 aliphatic heterocycles. The number of rotatable bonds is 7. The van der Waals surface area contributed by atoms with Crippen molar-refractivity contribution >= 4 is 10.8 Å². The average molecular weight is 337 g/mol. The molecule has 0 unspecified atom stereocenters. The summed E-state index contributed by atoms with van der Waals surface area (Å²) in [7, 11) is 0. The van der Waals surface area contributed by atoms with E-state index < -0.39 is 0 Å². The van der Waals surface area contributed by atoms with E-state index in [9.17, 15) is 4.79 Å². The summed E-state index contributed by atoms with van der Waals surface area (Å²) in [5, 5.41) is 1.61. The molecule has 0 N–H and O–H groups in total. The number of pyridine rings is 1. The Kier molecular flexibility index (Phi) is 5.39. The highest BCUT2D eigenvalue weighted by Crippen LogP contribution is 2.19.